The first-order chi connectivity index (χ1) is 16.8. The number of para-hydroxylation sites is 1. The van der Waals surface area contributed by atoms with Crippen LogP contribution in [-0.2, 0) is 16.9 Å². The van der Waals surface area contributed by atoms with Crippen LogP contribution in [0.2, 0.25) is 0 Å². The number of nitrogens with zero attached hydrogens (tertiary/aromatic N) is 2. The summed E-state index contributed by atoms with van der Waals surface area (Å²) in [7, 11) is 0. The second-order valence-electron chi connectivity index (χ2n) is 9.09. The molecule has 0 aliphatic carbocycles. The summed E-state index contributed by atoms with van der Waals surface area (Å²) in [5.74, 6) is -0.705. The third kappa shape index (κ3) is 3.62. The summed E-state index contributed by atoms with van der Waals surface area (Å²) in [6.07, 6.45) is 0. The number of imide groups is 1. The number of urea groups is 1. The number of carbonyl (C=O) groups is 3. The van der Waals surface area contributed by atoms with Crippen molar-refractivity contribution in [3.8, 4) is 11.3 Å². The molecule has 4 aromatic rings. The number of aryl methyl sites for hydroxylation is 2. The Labute approximate surface area is 204 Å². The van der Waals surface area contributed by atoms with E-state index in [2.05, 4.69) is 9.88 Å². The smallest absolute Gasteiger partial charge is 0.325 e. The number of carbonyl (C=O) groups excluding carboxylic acids is 3. The topological polar surface area (TPSA) is 71.4 Å². The molecule has 3 aromatic carbocycles. The number of hydrogen-bond acceptors (Lipinski definition) is 3. The fourth-order valence-electron chi connectivity index (χ4n) is 4.96. The molecule has 1 fully saturated rings. The third-order valence-electron chi connectivity index (χ3n) is 6.82. The maximum absolute atomic E-state index is 13.8. The molecule has 176 valence electrons. The highest BCUT2D eigenvalue weighted by molar-refractivity contribution is 6.17. The van der Waals surface area contributed by atoms with Crippen LogP contribution in [0.4, 0.5) is 4.79 Å². The van der Waals surface area contributed by atoms with E-state index in [0.717, 1.165) is 32.6 Å². The summed E-state index contributed by atoms with van der Waals surface area (Å²) in [6.45, 7) is 6.03. The van der Waals surface area contributed by atoms with E-state index in [1.54, 1.807) is 6.92 Å². The van der Waals surface area contributed by atoms with Gasteiger partial charge in [-0.1, -0.05) is 78.4 Å². The molecule has 1 aliphatic heterocycles. The predicted molar refractivity (Wildman–Crippen MR) is 136 cm³/mol. The molecule has 1 saturated heterocycles. The third-order valence-corrected chi connectivity index (χ3v) is 6.82. The van der Waals surface area contributed by atoms with Crippen molar-refractivity contribution in [3.05, 3.63) is 95.6 Å². The number of aromatic nitrogens is 1. The molecule has 2 heterocycles. The van der Waals surface area contributed by atoms with Gasteiger partial charge < -0.3 is 9.88 Å². The van der Waals surface area contributed by atoms with E-state index in [1.807, 2.05) is 92.7 Å². The molecule has 6 heteroatoms. The Balaban J connectivity index is 1.56. The number of fused-ring (bicyclic) bond motifs is 1. The first kappa shape index (κ1) is 22.6. The van der Waals surface area contributed by atoms with Gasteiger partial charge in [-0.2, -0.15) is 0 Å². The highest BCUT2D eigenvalue weighted by atomic mass is 16.2. The zero-order valence-corrected chi connectivity index (χ0v) is 20.0. The number of rotatable bonds is 6. The standard InChI is InChI=1S/C29H27N3O3/c1-4-31-23-13-9-8-12-22(23)25(26(31)20-10-6-5-7-11-20)24(33)18-32-27(34)29(3,30-28(32)35)21-16-14-19(2)15-17-21/h5-17H,4,18H2,1-3H3,(H,30,35)/t29-/m0/s1. The van der Waals surface area contributed by atoms with Gasteiger partial charge in [0.05, 0.1) is 17.8 Å². The maximum atomic E-state index is 13.8. The molecule has 1 N–H and O–H groups in total. The van der Waals surface area contributed by atoms with E-state index in [4.69, 9.17) is 0 Å². The van der Waals surface area contributed by atoms with Gasteiger partial charge >= 0.3 is 6.03 Å². The van der Waals surface area contributed by atoms with Crippen LogP contribution >= 0.6 is 0 Å². The van der Waals surface area contributed by atoms with Crippen molar-refractivity contribution in [3.63, 3.8) is 0 Å². The second-order valence-corrected chi connectivity index (χ2v) is 9.09. The highest BCUT2D eigenvalue weighted by Crippen LogP contribution is 2.35. The van der Waals surface area contributed by atoms with Crippen molar-refractivity contribution in [2.45, 2.75) is 32.9 Å². The average Bonchev–Trinajstić information content (AvgIpc) is 3.32. The number of benzene rings is 3. The SMILES string of the molecule is CCn1c(-c2ccccc2)c(C(=O)CN2C(=O)N[C@@](C)(c3ccc(C)cc3)C2=O)c2ccccc21. The van der Waals surface area contributed by atoms with E-state index in [9.17, 15) is 14.4 Å². The van der Waals surface area contributed by atoms with Crippen LogP contribution in [0.3, 0.4) is 0 Å². The van der Waals surface area contributed by atoms with Crippen LogP contribution in [0.15, 0.2) is 78.9 Å². The molecule has 0 unspecified atom stereocenters. The molecule has 5 rings (SSSR count). The molecule has 1 aliphatic rings. The van der Waals surface area contributed by atoms with Crippen LogP contribution in [0.5, 0.6) is 0 Å². The van der Waals surface area contributed by atoms with Crippen molar-refractivity contribution >= 4 is 28.6 Å². The Morgan fingerprint density at radius 1 is 0.914 bits per heavy atom. The summed E-state index contributed by atoms with van der Waals surface area (Å²) >= 11 is 0. The van der Waals surface area contributed by atoms with Crippen LogP contribution in [0.1, 0.15) is 35.3 Å². The summed E-state index contributed by atoms with van der Waals surface area (Å²) in [5, 5.41) is 3.61. The molecular weight excluding hydrogens is 438 g/mol. The molecule has 3 amide bonds. The van der Waals surface area contributed by atoms with Crippen LogP contribution in [0.25, 0.3) is 22.2 Å². The van der Waals surface area contributed by atoms with Gasteiger partial charge in [-0.15, -0.1) is 0 Å². The minimum atomic E-state index is -1.22. The van der Waals surface area contributed by atoms with Crippen molar-refractivity contribution in [2.24, 2.45) is 0 Å². The highest BCUT2D eigenvalue weighted by Gasteiger charge is 2.49. The second kappa shape index (κ2) is 8.55. The largest absolute Gasteiger partial charge is 0.340 e. The minimum absolute atomic E-state index is 0.274. The summed E-state index contributed by atoms with van der Waals surface area (Å²) in [5.41, 5.74) is 3.70. The lowest BCUT2D eigenvalue weighted by Crippen LogP contribution is -2.41. The Morgan fingerprint density at radius 2 is 1.57 bits per heavy atom. The van der Waals surface area contributed by atoms with E-state index < -0.39 is 17.5 Å². The quantitative estimate of drug-likeness (QED) is 0.311. The molecule has 0 radical (unpaired) electrons. The molecule has 1 aromatic heterocycles. The van der Waals surface area contributed by atoms with Crippen molar-refractivity contribution in [1.29, 1.82) is 0 Å². The van der Waals surface area contributed by atoms with Gasteiger partial charge in [0.1, 0.15) is 5.54 Å². The molecule has 35 heavy (non-hydrogen) atoms. The number of nitrogens with one attached hydrogen (secondary N) is 1. The number of ketones is 1. The molecule has 0 saturated carbocycles. The summed E-state index contributed by atoms with van der Waals surface area (Å²) in [4.78, 5) is 41.2. The van der Waals surface area contributed by atoms with Crippen LogP contribution < -0.4 is 5.32 Å². The molecular formula is C29H27N3O3. The lowest BCUT2D eigenvalue weighted by Gasteiger charge is -2.22. The Hall–Kier alpha value is -4.19. The minimum Gasteiger partial charge on any atom is -0.340 e. The van der Waals surface area contributed by atoms with Crippen molar-refractivity contribution in [1.82, 2.24) is 14.8 Å². The maximum Gasteiger partial charge on any atom is 0.325 e. The van der Waals surface area contributed by atoms with Gasteiger partial charge in [0.2, 0.25) is 0 Å². The van der Waals surface area contributed by atoms with Crippen molar-refractivity contribution < 1.29 is 14.4 Å². The fourth-order valence-corrected chi connectivity index (χ4v) is 4.96. The molecule has 6 nitrogen and oxygen atoms in total. The van der Waals surface area contributed by atoms with E-state index in [1.165, 1.54) is 0 Å². The van der Waals surface area contributed by atoms with E-state index >= 15 is 0 Å². The zero-order valence-electron chi connectivity index (χ0n) is 20.0. The summed E-state index contributed by atoms with van der Waals surface area (Å²) < 4.78 is 2.11. The molecule has 1 atom stereocenters. The Kier molecular flexibility index (Phi) is 5.52. The first-order valence-electron chi connectivity index (χ1n) is 11.8. The number of amides is 3. The fraction of sp³-hybridized carbons (Fsp3) is 0.207. The monoisotopic (exact) mass is 465 g/mol. The van der Waals surface area contributed by atoms with Crippen molar-refractivity contribution in [2.75, 3.05) is 6.54 Å². The predicted octanol–water partition coefficient (Wildman–Crippen LogP) is 5.29. The number of hydrogen-bond donors (Lipinski definition) is 1. The Morgan fingerprint density at radius 3 is 2.26 bits per heavy atom. The molecule has 0 bridgehead atoms. The summed E-state index contributed by atoms with van der Waals surface area (Å²) in [6, 6.07) is 24.4. The van der Waals surface area contributed by atoms with Gasteiger partial charge in [0, 0.05) is 17.4 Å². The Bertz CT molecular complexity index is 1450. The van der Waals surface area contributed by atoms with E-state index in [0.29, 0.717) is 17.7 Å². The molecule has 0 spiro atoms. The van der Waals surface area contributed by atoms with Gasteiger partial charge in [-0.05, 0) is 38.0 Å². The van der Waals surface area contributed by atoms with Gasteiger partial charge in [-0.3, -0.25) is 14.5 Å². The zero-order chi connectivity index (χ0) is 24.7. The van der Waals surface area contributed by atoms with E-state index in [-0.39, 0.29) is 12.3 Å². The first-order valence-corrected chi connectivity index (χ1v) is 11.8. The average molecular weight is 466 g/mol. The normalized spacial score (nSPS) is 17.7. The lowest BCUT2D eigenvalue weighted by molar-refractivity contribution is -0.130. The van der Waals surface area contributed by atoms with Crippen LogP contribution in [-0.4, -0.2) is 33.7 Å². The lowest BCUT2D eigenvalue weighted by atomic mass is 9.91. The van der Waals surface area contributed by atoms with Crippen LogP contribution in [0, 0.1) is 6.92 Å². The van der Waals surface area contributed by atoms with Gasteiger partial charge in [0.15, 0.2) is 5.78 Å². The van der Waals surface area contributed by atoms with Gasteiger partial charge in [-0.25, -0.2) is 4.79 Å². The number of Topliss-reactive ketones (excluding diaryl/α,β-unsaturated/α-hetero) is 1. The van der Waals surface area contributed by atoms with Gasteiger partial charge in [0.25, 0.3) is 5.91 Å².